The number of carbonyl (C=O) groups is 1. The molecule has 0 saturated carbocycles. The molecule has 1 unspecified atom stereocenters. The largest absolute Gasteiger partial charge is 0.289 e. The zero-order valence-corrected chi connectivity index (χ0v) is 14.2. The Bertz CT molecular complexity index is 561. The van der Waals surface area contributed by atoms with E-state index in [2.05, 4.69) is 43.9 Å². The van der Waals surface area contributed by atoms with Crippen LogP contribution in [0.2, 0.25) is 19.6 Å². The molecule has 0 aliphatic carbocycles. The van der Waals surface area contributed by atoms with Gasteiger partial charge in [-0.3, -0.25) is 4.79 Å². The molecule has 0 bridgehead atoms. The van der Waals surface area contributed by atoms with Gasteiger partial charge in [0.15, 0.2) is 5.52 Å². The van der Waals surface area contributed by atoms with E-state index in [-0.39, 0.29) is 0 Å². The molecule has 2 rings (SSSR count). The minimum Gasteiger partial charge on any atom is -0.289 e. The molecule has 2 aromatic rings. The topological polar surface area (TPSA) is 17.1 Å². The van der Waals surface area contributed by atoms with Gasteiger partial charge in [-0.1, -0.05) is 80.3 Å². The van der Waals surface area contributed by atoms with Crippen molar-refractivity contribution < 1.29 is 4.79 Å². The Morgan fingerprint density at radius 1 is 0.900 bits per heavy atom. The molecule has 0 saturated heterocycles. The fourth-order valence-corrected chi connectivity index (χ4v) is 8.57. The van der Waals surface area contributed by atoms with Gasteiger partial charge in [-0.05, 0) is 19.2 Å². The molecule has 1 atom stereocenters. The average Bonchev–Trinajstić information content (AvgIpc) is 2.45. The lowest BCUT2D eigenvalue weighted by atomic mass is 10.2. The van der Waals surface area contributed by atoms with Gasteiger partial charge in [0.2, 0.25) is 0 Å². The minimum atomic E-state index is -1.50. The van der Waals surface area contributed by atoms with Crippen molar-refractivity contribution in [1.82, 2.24) is 0 Å². The normalized spacial score (nSPS) is 12.9. The second kappa shape index (κ2) is 6.47. The number of benzene rings is 2. The maximum atomic E-state index is 12.9. The Labute approximate surface area is 123 Å². The third kappa shape index (κ3) is 3.88. The zero-order valence-electron chi connectivity index (χ0n) is 12.3. The third-order valence-corrected chi connectivity index (χ3v) is 12.3. The van der Waals surface area contributed by atoms with Crippen LogP contribution in [0, 0.1) is 0 Å². The van der Waals surface area contributed by atoms with E-state index in [0.717, 1.165) is 11.7 Å². The summed E-state index contributed by atoms with van der Waals surface area (Å²) in [7, 11) is -2.12. The maximum absolute atomic E-state index is 12.9. The summed E-state index contributed by atoms with van der Waals surface area (Å²) in [5, 5.41) is 0. The van der Waals surface area contributed by atoms with Gasteiger partial charge in [-0.15, -0.1) is 0 Å². The lowest BCUT2D eigenvalue weighted by Crippen LogP contribution is -2.23. The molecule has 0 radical (unpaired) electrons. The van der Waals surface area contributed by atoms with Crippen LogP contribution >= 0.6 is 7.47 Å². The van der Waals surface area contributed by atoms with Crippen molar-refractivity contribution in [2.24, 2.45) is 0 Å². The van der Waals surface area contributed by atoms with Crippen molar-refractivity contribution in [3.05, 3.63) is 71.8 Å². The minimum absolute atomic E-state index is 0.364. The molecule has 20 heavy (non-hydrogen) atoms. The molecule has 0 aliphatic rings. The van der Waals surface area contributed by atoms with Crippen molar-refractivity contribution in [2.45, 2.75) is 25.8 Å². The number of hydrogen-bond acceptors (Lipinski definition) is 1. The van der Waals surface area contributed by atoms with E-state index >= 15 is 0 Å². The van der Waals surface area contributed by atoms with E-state index in [1.807, 2.05) is 36.4 Å². The summed E-state index contributed by atoms with van der Waals surface area (Å²) >= 11 is 0. The van der Waals surface area contributed by atoms with Crippen LogP contribution in [0.3, 0.4) is 0 Å². The van der Waals surface area contributed by atoms with Gasteiger partial charge in [0, 0.05) is 5.56 Å². The highest BCUT2D eigenvalue weighted by Gasteiger charge is 2.32. The van der Waals surface area contributed by atoms with Gasteiger partial charge in [-0.2, -0.15) is 0 Å². The van der Waals surface area contributed by atoms with Crippen LogP contribution in [-0.4, -0.2) is 13.3 Å². The highest BCUT2D eigenvalue weighted by Crippen LogP contribution is 2.51. The first-order valence-corrected chi connectivity index (χ1v) is 12.8. The van der Waals surface area contributed by atoms with Crippen molar-refractivity contribution in [2.75, 3.05) is 0 Å². The molecule has 1 nitrogen and oxygen atoms in total. The summed E-state index contributed by atoms with van der Waals surface area (Å²) < 4.78 is 0. The number of rotatable bonds is 5. The Hall–Kier alpha value is -1.24. The standard InChI is InChI=1S/C17H21OPSi/c1-20(2,3)19(14-15-10-6-4-7-11-15)17(18)16-12-8-5-9-13-16/h4-13H,14H2,1-3H3. The Balaban J connectivity index is 2.27. The highest BCUT2D eigenvalue weighted by molar-refractivity contribution is 8.05. The predicted octanol–water partition coefficient (Wildman–Crippen LogP) is 5.34. The lowest BCUT2D eigenvalue weighted by molar-refractivity contribution is 0.108. The van der Waals surface area contributed by atoms with Gasteiger partial charge in [-0.25, -0.2) is 0 Å². The Morgan fingerprint density at radius 3 is 1.90 bits per heavy atom. The first-order chi connectivity index (χ1) is 9.48. The molecule has 2 aromatic carbocycles. The van der Waals surface area contributed by atoms with Crippen LogP contribution in [0.5, 0.6) is 0 Å². The second-order valence-corrected chi connectivity index (χ2v) is 17.5. The van der Waals surface area contributed by atoms with Crippen LogP contribution in [0.25, 0.3) is 0 Å². The molecule has 0 heterocycles. The fourth-order valence-electron chi connectivity index (χ4n) is 2.12. The molecule has 0 aliphatic heterocycles. The van der Waals surface area contributed by atoms with E-state index in [9.17, 15) is 4.79 Å². The van der Waals surface area contributed by atoms with Gasteiger partial charge in [0.05, 0.1) is 7.74 Å². The van der Waals surface area contributed by atoms with Gasteiger partial charge >= 0.3 is 0 Å². The van der Waals surface area contributed by atoms with Gasteiger partial charge < -0.3 is 0 Å². The van der Waals surface area contributed by atoms with Crippen LogP contribution in [-0.2, 0) is 6.16 Å². The van der Waals surface area contributed by atoms with E-state index in [1.54, 1.807) is 0 Å². The zero-order chi connectivity index (χ0) is 14.6. The summed E-state index contributed by atoms with van der Waals surface area (Å²) in [6.07, 6.45) is 0.916. The van der Waals surface area contributed by atoms with Crippen LogP contribution in [0.15, 0.2) is 60.7 Å². The molecule has 0 spiro atoms. The van der Waals surface area contributed by atoms with E-state index < -0.39 is 15.2 Å². The maximum Gasteiger partial charge on any atom is 0.180 e. The van der Waals surface area contributed by atoms with Gasteiger partial charge in [0.1, 0.15) is 0 Å². The molecule has 0 amide bonds. The second-order valence-electron chi connectivity index (χ2n) is 5.91. The van der Waals surface area contributed by atoms with Crippen molar-refractivity contribution >= 4 is 20.7 Å². The molecule has 0 fully saturated rings. The molecule has 104 valence electrons. The van der Waals surface area contributed by atoms with Gasteiger partial charge in [0.25, 0.3) is 0 Å². The molecule has 3 heteroatoms. The Kier molecular flexibility index (Phi) is 4.90. The predicted molar refractivity (Wildman–Crippen MR) is 91.2 cm³/mol. The van der Waals surface area contributed by atoms with Crippen LogP contribution in [0.1, 0.15) is 15.9 Å². The molecule has 0 aromatic heterocycles. The summed E-state index contributed by atoms with van der Waals surface area (Å²) in [6.45, 7) is 6.92. The molecular weight excluding hydrogens is 279 g/mol. The van der Waals surface area contributed by atoms with Crippen LogP contribution < -0.4 is 0 Å². The summed E-state index contributed by atoms with van der Waals surface area (Å²) in [5.41, 5.74) is 2.52. The fraction of sp³-hybridized carbons (Fsp3) is 0.235. The highest BCUT2D eigenvalue weighted by atomic mass is 31.4. The first-order valence-electron chi connectivity index (χ1n) is 6.89. The Morgan fingerprint density at radius 2 is 1.40 bits per heavy atom. The molecule has 0 N–H and O–H groups in total. The SMILES string of the molecule is C[Si](C)(C)P(Cc1ccccc1)C(=O)c1ccccc1. The summed E-state index contributed by atoms with van der Waals surface area (Å²) in [6, 6.07) is 20.2. The van der Waals surface area contributed by atoms with Crippen molar-refractivity contribution in [3.63, 3.8) is 0 Å². The van der Waals surface area contributed by atoms with Crippen LogP contribution in [0.4, 0.5) is 0 Å². The number of hydrogen-bond donors (Lipinski definition) is 0. The first kappa shape index (κ1) is 15.2. The van der Waals surface area contributed by atoms with E-state index in [1.165, 1.54) is 5.56 Å². The number of carbonyl (C=O) groups excluding carboxylic acids is 1. The van der Waals surface area contributed by atoms with Crippen molar-refractivity contribution in [3.8, 4) is 0 Å². The van der Waals surface area contributed by atoms with E-state index in [0.29, 0.717) is 5.52 Å². The average molecular weight is 300 g/mol. The smallest absolute Gasteiger partial charge is 0.180 e. The van der Waals surface area contributed by atoms with Crippen molar-refractivity contribution in [1.29, 1.82) is 0 Å². The molecular formula is C17H21OPSi. The summed E-state index contributed by atoms with van der Waals surface area (Å²) in [5.74, 6) is 0. The summed E-state index contributed by atoms with van der Waals surface area (Å²) in [4.78, 5) is 12.9. The monoisotopic (exact) mass is 300 g/mol. The van der Waals surface area contributed by atoms with E-state index in [4.69, 9.17) is 0 Å². The lowest BCUT2D eigenvalue weighted by Gasteiger charge is -2.28. The third-order valence-electron chi connectivity index (χ3n) is 3.26. The quantitative estimate of drug-likeness (QED) is 0.538.